The zero-order valence-electron chi connectivity index (χ0n) is 7.28. The van der Waals surface area contributed by atoms with Gasteiger partial charge in [-0.05, 0) is 24.0 Å². The molecule has 70 valence electrons. The molecule has 0 saturated heterocycles. The topological polar surface area (TPSA) is 63.3 Å². The minimum Gasteiger partial charge on any atom is -0.478 e. The lowest BCUT2D eigenvalue weighted by Gasteiger charge is -2.03. The molecule has 0 radical (unpaired) electrons. The van der Waals surface area contributed by atoms with E-state index < -0.39 is 5.97 Å². The molecule has 3 nitrogen and oxygen atoms in total. The monoisotopic (exact) mass is 197 g/mol. The predicted octanol–water partition coefficient (Wildman–Crippen LogP) is 1.83. The summed E-state index contributed by atoms with van der Waals surface area (Å²) in [5, 5.41) is 8.70. The summed E-state index contributed by atoms with van der Waals surface area (Å²) >= 11 is 1.67. The predicted molar refractivity (Wildman–Crippen MR) is 55.0 cm³/mol. The van der Waals surface area contributed by atoms with Crippen LogP contribution in [0.25, 0.3) is 0 Å². The molecule has 0 amide bonds. The Labute approximate surface area is 80.9 Å². The molecule has 13 heavy (non-hydrogen) atoms. The number of carboxylic acids is 1. The van der Waals surface area contributed by atoms with E-state index in [4.69, 9.17) is 10.8 Å². The Bertz CT molecular complexity index is 325. The molecule has 4 heteroatoms. The highest BCUT2D eigenvalue weighted by Crippen LogP contribution is 2.17. The van der Waals surface area contributed by atoms with Crippen LogP contribution in [0.5, 0.6) is 0 Å². The van der Waals surface area contributed by atoms with Crippen LogP contribution in [0.3, 0.4) is 0 Å². The maximum Gasteiger partial charge on any atom is 0.337 e. The first kappa shape index (κ1) is 9.92. The molecule has 0 spiro atoms. The Hall–Kier alpha value is -1.16. The van der Waals surface area contributed by atoms with E-state index in [1.165, 1.54) is 0 Å². The van der Waals surface area contributed by atoms with E-state index >= 15 is 0 Å². The third-order valence-electron chi connectivity index (χ3n) is 1.66. The summed E-state index contributed by atoms with van der Waals surface area (Å²) in [7, 11) is 0. The van der Waals surface area contributed by atoms with Crippen molar-refractivity contribution >= 4 is 23.4 Å². The van der Waals surface area contributed by atoms with E-state index in [1.807, 2.05) is 6.26 Å². The number of hydrogen-bond acceptors (Lipinski definition) is 3. The van der Waals surface area contributed by atoms with Crippen molar-refractivity contribution < 1.29 is 9.90 Å². The minimum absolute atomic E-state index is 0.171. The lowest BCUT2D eigenvalue weighted by molar-refractivity contribution is 0.0698. The van der Waals surface area contributed by atoms with Crippen LogP contribution in [0.2, 0.25) is 0 Å². The molecular formula is C9H11NO2S. The van der Waals surface area contributed by atoms with Gasteiger partial charge in [0.15, 0.2) is 0 Å². The van der Waals surface area contributed by atoms with Gasteiger partial charge in [-0.1, -0.05) is 6.07 Å². The number of hydrogen-bond donors (Lipinski definition) is 2. The third kappa shape index (κ3) is 2.39. The number of anilines is 1. The highest BCUT2D eigenvalue weighted by Gasteiger charge is 2.07. The molecule has 0 bridgehead atoms. The van der Waals surface area contributed by atoms with Gasteiger partial charge in [-0.3, -0.25) is 0 Å². The fourth-order valence-electron chi connectivity index (χ4n) is 1.06. The summed E-state index contributed by atoms with van der Waals surface area (Å²) in [6, 6.07) is 5.04. The number of carbonyl (C=O) groups is 1. The summed E-state index contributed by atoms with van der Waals surface area (Å²) in [5.74, 6) is -0.127. The highest BCUT2D eigenvalue weighted by atomic mass is 32.2. The van der Waals surface area contributed by atoms with E-state index in [0.717, 1.165) is 11.3 Å². The van der Waals surface area contributed by atoms with Crippen molar-refractivity contribution in [2.24, 2.45) is 0 Å². The molecule has 0 saturated carbocycles. The van der Waals surface area contributed by atoms with Crippen LogP contribution in [0.4, 0.5) is 5.69 Å². The lowest BCUT2D eigenvalue weighted by Crippen LogP contribution is -2.02. The Morgan fingerprint density at radius 2 is 2.31 bits per heavy atom. The molecule has 0 aromatic heterocycles. The van der Waals surface area contributed by atoms with Crippen molar-refractivity contribution in [2.45, 2.75) is 5.75 Å². The molecular weight excluding hydrogens is 186 g/mol. The van der Waals surface area contributed by atoms with Gasteiger partial charge in [-0.2, -0.15) is 11.8 Å². The smallest absolute Gasteiger partial charge is 0.337 e. The van der Waals surface area contributed by atoms with Crippen molar-refractivity contribution in [1.82, 2.24) is 0 Å². The number of nitrogens with two attached hydrogens (primary N) is 1. The second kappa shape index (κ2) is 4.18. The summed E-state index contributed by atoms with van der Waals surface area (Å²) in [6.07, 6.45) is 1.99. The van der Waals surface area contributed by atoms with Crippen LogP contribution in [0.1, 0.15) is 15.9 Å². The third-order valence-corrected chi connectivity index (χ3v) is 2.28. The zero-order chi connectivity index (χ0) is 9.84. The number of rotatable bonds is 3. The van der Waals surface area contributed by atoms with Gasteiger partial charge >= 0.3 is 5.97 Å². The van der Waals surface area contributed by atoms with Crippen LogP contribution in [0, 0.1) is 0 Å². The van der Waals surface area contributed by atoms with E-state index in [9.17, 15) is 4.79 Å². The Balaban J connectivity index is 2.98. The molecule has 0 aliphatic rings. The molecule has 1 aromatic rings. The summed E-state index contributed by atoms with van der Waals surface area (Å²) in [5.41, 5.74) is 7.12. The number of aromatic carboxylic acids is 1. The Kier molecular flexibility index (Phi) is 3.19. The van der Waals surface area contributed by atoms with Gasteiger partial charge in [0.25, 0.3) is 0 Å². The number of nitrogen functional groups attached to an aromatic ring is 1. The quantitative estimate of drug-likeness (QED) is 0.726. The van der Waals surface area contributed by atoms with E-state index in [1.54, 1.807) is 30.0 Å². The van der Waals surface area contributed by atoms with Gasteiger partial charge in [0.2, 0.25) is 0 Å². The van der Waals surface area contributed by atoms with Crippen molar-refractivity contribution in [3.63, 3.8) is 0 Å². The molecule has 0 unspecified atom stereocenters. The minimum atomic E-state index is -0.979. The molecule has 3 N–H and O–H groups in total. The first-order valence-electron chi connectivity index (χ1n) is 3.75. The summed E-state index contributed by atoms with van der Waals surface area (Å²) in [4.78, 5) is 10.6. The summed E-state index contributed by atoms with van der Waals surface area (Å²) in [6.45, 7) is 0. The van der Waals surface area contributed by atoms with Crippen molar-refractivity contribution in [3.05, 3.63) is 29.3 Å². The van der Waals surface area contributed by atoms with Gasteiger partial charge in [0, 0.05) is 11.4 Å². The van der Waals surface area contributed by atoms with Gasteiger partial charge in [0.05, 0.1) is 5.56 Å². The highest BCUT2D eigenvalue weighted by molar-refractivity contribution is 7.97. The summed E-state index contributed by atoms with van der Waals surface area (Å²) < 4.78 is 0. The van der Waals surface area contributed by atoms with E-state index in [2.05, 4.69) is 0 Å². The van der Waals surface area contributed by atoms with Crippen molar-refractivity contribution in [2.75, 3.05) is 12.0 Å². The Morgan fingerprint density at radius 3 is 2.77 bits per heavy atom. The molecule has 1 aromatic carbocycles. The normalized spacial score (nSPS) is 9.92. The fourth-order valence-corrected chi connectivity index (χ4v) is 1.58. The van der Waals surface area contributed by atoms with Gasteiger partial charge in [-0.25, -0.2) is 4.79 Å². The second-order valence-corrected chi connectivity index (χ2v) is 3.53. The second-order valence-electron chi connectivity index (χ2n) is 2.66. The molecule has 0 atom stereocenters. The lowest BCUT2D eigenvalue weighted by atomic mass is 10.1. The number of carboxylic acid groups (broad SMARTS) is 1. The average molecular weight is 197 g/mol. The van der Waals surface area contributed by atoms with Gasteiger partial charge in [-0.15, -0.1) is 0 Å². The van der Waals surface area contributed by atoms with E-state index in [0.29, 0.717) is 5.69 Å². The molecule has 0 heterocycles. The van der Waals surface area contributed by atoms with Crippen LogP contribution in [-0.4, -0.2) is 17.3 Å². The number of benzene rings is 1. The van der Waals surface area contributed by atoms with Crippen LogP contribution < -0.4 is 5.73 Å². The fraction of sp³-hybridized carbons (Fsp3) is 0.222. The van der Waals surface area contributed by atoms with Crippen LogP contribution >= 0.6 is 11.8 Å². The van der Waals surface area contributed by atoms with Gasteiger partial charge in [0.1, 0.15) is 0 Å². The molecule has 1 rings (SSSR count). The van der Waals surface area contributed by atoms with Crippen LogP contribution in [-0.2, 0) is 5.75 Å². The zero-order valence-corrected chi connectivity index (χ0v) is 8.10. The first-order chi connectivity index (χ1) is 6.15. The van der Waals surface area contributed by atoms with Crippen molar-refractivity contribution in [1.29, 1.82) is 0 Å². The molecule has 0 fully saturated rings. The van der Waals surface area contributed by atoms with E-state index in [-0.39, 0.29) is 5.56 Å². The number of thioether (sulfide) groups is 1. The largest absolute Gasteiger partial charge is 0.478 e. The van der Waals surface area contributed by atoms with Gasteiger partial charge < -0.3 is 10.8 Å². The van der Waals surface area contributed by atoms with Crippen molar-refractivity contribution in [3.8, 4) is 0 Å². The SMILES string of the molecule is CSCc1ccc(C(=O)O)c(N)c1. The molecule has 0 aliphatic heterocycles. The molecule has 0 aliphatic carbocycles. The first-order valence-corrected chi connectivity index (χ1v) is 5.15. The Morgan fingerprint density at radius 1 is 1.62 bits per heavy atom. The maximum absolute atomic E-state index is 10.6. The van der Waals surface area contributed by atoms with Crippen LogP contribution in [0.15, 0.2) is 18.2 Å². The average Bonchev–Trinajstić information content (AvgIpc) is 2.04. The maximum atomic E-state index is 10.6. The standard InChI is InChI=1S/C9H11NO2S/c1-13-5-6-2-3-7(9(11)12)8(10)4-6/h2-4H,5,10H2,1H3,(H,11,12).